The molecule has 2 aliphatic rings. The van der Waals surface area contributed by atoms with Gasteiger partial charge in [0.05, 0.1) is 11.3 Å². The van der Waals surface area contributed by atoms with E-state index in [-0.39, 0.29) is 29.8 Å². The molecule has 3 rings (SSSR count). The van der Waals surface area contributed by atoms with Crippen LogP contribution in [-0.2, 0) is 24.3 Å². The van der Waals surface area contributed by atoms with E-state index < -0.39 is 22.1 Å². The molecule has 1 aliphatic carbocycles. The average molecular weight is 469 g/mol. The van der Waals surface area contributed by atoms with Crippen LogP contribution in [0.4, 0.5) is 0 Å². The zero-order valence-corrected chi connectivity index (χ0v) is 19.6. The molecule has 0 radical (unpaired) electrons. The number of amides is 1. The smallest absolute Gasteiger partial charge is 0.307 e. The fraction of sp³-hybridized carbons (Fsp3) is 0.636. The van der Waals surface area contributed by atoms with Crippen molar-refractivity contribution < 1.29 is 32.2 Å². The van der Waals surface area contributed by atoms with Gasteiger partial charge in [0, 0.05) is 18.7 Å². The Labute approximate surface area is 189 Å². The van der Waals surface area contributed by atoms with E-state index in [2.05, 4.69) is 23.9 Å². The number of carbonyl (C=O) groups excluding carboxylic acids is 2. The van der Waals surface area contributed by atoms with E-state index in [1.54, 1.807) is 0 Å². The van der Waals surface area contributed by atoms with Gasteiger partial charge in [-0.2, -0.15) is 0 Å². The highest BCUT2D eigenvalue weighted by Gasteiger charge is 2.30. The Bertz CT molecular complexity index is 934. The molecule has 10 heteroatoms. The van der Waals surface area contributed by atoms with Gasteiger partial charge in [-0.25, -0.2) is 13.1 Å². The molecule has 0 bridgehead atoms. The lowest BCUT2D eigenvalue weighted by atomic mass is 9.78. The second-order valence-electron chi connectivity index (χ2n) is 8.47. The molecule has 178 valence electrons. The Morgan fingerprint density at radius 3 is 2.62 bits per heavy atom. The molecule has 1 aromatic carbocycles. The summed E-state index contributed by atoms with van der Waals surface area (Å²) in [6.45, 7) is 6.43. The van der Waals surface area contributed by atoms with Crippen LogP contribution in [0.5, 0.6) is 11.5 Å². The Hall–Kier alpha value is -2.33. The van der Waals surface area contributed by atoms with Gasteiger partial charge in [-0.1, -0.05) is 26.7 Å². The molecule has 32 heavy (non-hydrogen) atoms. The summed E-state index contributed by atoms with van der Waals surface area (Å²) in [5.41, 5.74) is 0. The highest BCUT2D eigenvalue weighted by molar-refractivity contribution is 7.89. The van der Waals surface area contributed by atoms with Crippen molar-refractivity contribution >= 4 is 21.9 Å². The third-order valence-electron chi connectivity index (χ3n) is 6.16. The molecule has 9 nitrogen and oxygen atoms in total. The monoisotopic (exact) mass is 468 g/mol. The molecule has 0 saturated heterocycles. The summed E-state index contributed by atoms with van der Waals surface area (Å²) in [6.07, 6.45) is 1.99. The maximum Gasteiger partial charge on any atom is 0.307 e. The molecule has 1 aliphatic heterocycles. The highest BCUT2D eigenvalue weighted by Crippen LogP contribution is 2.32. The summed E-state index contributed by atoms with van der Waals surface area (Å²) >= 11 is 0. The van der Waals surface area contributed by atoms with E-state index in [0.717, 1.165) is 19.3 Å². The van der Waals surface area contributed by atoms with E-state index in [4.69, 9.17) is 14.2 Å². The lowest BCUT2D eigenvalue weighted by molar-refractivity contribution is -0.155. The van der Waals surface area contributed by atoms with Gasteiger partial charge in [0.2, 0.25) is 10.0 Å². The summed E-state index contributed by atoms with van der Waals surface area (Å²) in [6, 6.07) is 4.40. The van der Waals surface area contributed by atoms with E-state index in [0.29, 0.717) is 36.5 Å². The largest absolute Gasteiger partial charge is 0.486 e. The molecule has 1 amide bonds. The van der Waals surface area contributed by atoms with Crippen molar-refractivity contribution in [3.63, 3.8) is 0 Å². The number of carbonyl (C=O) groups is 2. The van der Waals surface area contributed by atoms with E-state index in [1.807, 2.05) is 0 Å². The van der Waals surface area contributed by atoms with E-state index in [1.165, 1.54) is 25.1 Å². The summed E-state index contributed by atoms with van der Waals surface area (Å²) in [4.78, 5) is 24.5. The van der Waals surface area contributed by atoms with E-state index in [9.17, 15) is 18.0 Å². The molecule has 4 atom stereocenters. The first kappa shape index (κ1) is 24.3. The van der Waals surface area contributed by atoms with Gasteiger partial charge in [0.15, 0.2) is 17.6 Å². The van der Waals surface area contributed by atoms with Crippen molar-refractivity contribution in [1.29, 1.82) is 0 Å². The quantitative estimate of drug-likeness (QED) is 0.560. The maximum atomic E-state index is 12.5. The molecule has 0 unspecified atom stereocenters. The lowest BCUT2D eigenvalue weighted by Crippen LogP contribution is -2.47. The number of ether oxygens (including phenoxy) is 3. The van der Waals surface area contributed by atoms with E-state index >= 15 is 0 Å². The predicted octanol–water partition coefficient (Wildman–Crippen LogP) is 2.00. The van der Waals surface area contributed by atoms with Crippen LogP contribution in [0.25, 0.3) is 0 Å². The molecule has 0 aromatic heterocycles. The topological polar surface area (TPSA) is 120 Å². The minimum atomic E-state index is -3.84. The summed E-state index contributed by atoms with van der Waals surface area (Å²) in [5.74, 6) is 0.770. The molecule has 2 N–H and O–H groups in total. The van der Waals surface area contributed by atoms with Gasteiger partial charge >= 0.3 is 5.97 Å². The molecule has 1 aromatic rings. The van der Waals surface area contributed by atoms with Crippen molar-refractivity contribution in [1.82, 2.24) is 10.0 Å². The fourth-order valence-electron chi connectivity index (χ4n) is 3.96. The number of hydrogen-bond donors (Lipinski definition) is 2. The first-order chi connectivity index (χ1) is 15.2. The first-order valence-electron chi connectivity index (χ1n) is 11.1. The Kier molecular flexibility index (Phi) is 8.00. The van der Waals surface area contributed by atoms with Crippen molar-refractivity contribution in [2.45, 2.75) is 63.5 Å². The van der Waals surface area contributed by atoms with Crippen molar-refractivity contribution in [2.24, 2.45) is 11.8 Å². The number of hydrogen-bond acceptors (Lipinski definition) is 7. The van der Waals surface area contributed by atoms with Gasteiger partial charge < -0.3 is 19.5 Å². The minimum absolute atomic E-state index is 0.0127. The number of nitrogens with one attached hydrogen (secondary N) is 2. The normalized spacial score (nSPS) is 23.8. The minimum Gasteiger partial charge on any atom is -0.486 e. The molecule has 1 fully saturated rings. The molecular formula is C22H32N2O7S. The second kappa shape index (κ2) is 10.5. The van der Waals surface area contributed by atoms with Crippen molar-refractivity contribution in [3.05, 3.63) is 18.2 Å². The lowest BCUT2D eigenvalue weighted by Gasteiger charge is -2.35. The standard InChI is InChI=1S/C22H32N2O7S/c1-14-5-4-6-18(15(14)2)24-22(26)16(3)31-21(25)9-10-23-32(27,28)17-7-8-19-20(13-17)30-12-11-29-19/h7-8,13-16,18,23H,4-6,9-12H2,1-3H3,(H,24,26)/t14-,15-,16-,18+/m1/s1. The van der Waals surface area contributed by atoms with Crippen LogP contribution >= 0.6 is 0 Å². The summed E-state index contributed by atoms with van der Waals surface area (Å²) in [7, 11) is -3.84. The highest BCUT2D eigenvalue weighted by atomic mass is 32.2. The van der Waals surface area contributed by atoms with Crippen LogP contribution in [0.1, 0.15) is 46.5 Å². The maximum absolute atomic E-state index is 12.5. The van der Waals surface area contributed by atoms with Crippen LogP contribution < -0.4 is 19.5 Å². The molecule has 1 saturated carbocycles. The second-order valence-corrected chi connectivity index (χ2v) is 10.2. The number of benzene rings is 1. The summed E-state index contributed by atoms with van der Waals surface area (Å²) < 4.78 is 43.3. The number of rotatable bonds is 8. The Balaban J connectivity index is 1.44. The van der Waals surface area contributed by atoms with Gasteiger partial charge in [-0.3, -0.25) is 9.59 Å². The molecular weight excluding hydrogens is 436 g/mol. The van der Waals surface area contributed by atoms with Gasteiger partial charge in [-0.15, -0.1) is 0 Å². The first-order valence-corrected chi connectivity index (χ1v) is 12.5. The average Bonchev–Trinajstić information content (AvgIpc) is 2.76. The third kappa shape index (κ3) is 6.13. The Morgan fingerprint density at radius 1 is 1.16 bits per heavy atom. The Morgan fingerprint density at radius 2 is 1.88 bits per heavy atom. The SMILES string of the molecule is C[C@@H]1[C@H](C)CCC[C@@H]1NC(=O)[C@@H](C)OC(=O)CCNS(=O)(=O)c1ccc2c(c1)OCCO2. The molecule has 0 spiro atoms. The van der Waals surface area contributed by atoms with Crippen LogP contribution in [0.2, 0.25) is 0 Å². The predicted molar refractivity (Wildman–Crippen MR) is 117 cm³/mol. The van der Waals surface area contributed by atoms with Crippen LogP contribution in [-0.4, -0.2) is 52.2 Å². The van der Waals surface area contributed by atoms with Crippen LogP contribution in [0.15, 0.2) is 23.1 Å². The zero-order chi connectivity index (χ0) is 23.3. The third-order valence-corrected chi connectivity index (χ3v) is 7.62. The fourth-order valence-corrected chi connectivity index (χ4v) is 5.00. The summed E-state index contributed by atoms with van der Waals surface area (Å²) in [5, 5.41) is 2.98. The number of esters is 1. The van der Waals surface area contributed by atoms with Gasteiger partial charge in [0.25, 0.3) is 5.91 Å². The van der Waals surface area contributed by atoms with Crippen LogP contribution in [0, 0.1) is 11.8 Å². The number of sulfonamides is 1. The molecule has 1 heterocycles. The number of fused-ring (bicyclic) bond motifs is 1. The van der Waals surface area contributed by atoms with Gasteiger partial charge in [0.1, 0.15) is 13.2 Å². The van der Waals surface area contributed by atoms with Crippen LogP contribution in [0.3, 0.4) is 0 Å². The zero-order valence-electron chi connectivity index (χ0n) is 18.8. The van der Waals surface area contributed by atoms with Gasteiger partial charge in [-0.05, 0) is 37.3 Å². The van der Waals surface area contributed by atoms with Crippen molar-refractivity contribution in [3.8, 4) is 11.5 Å². The van der Waals surface area contributed by atoms with Crippen molar-refractivity contribution in [2.75, 3.05) is 19.8 Å².